The SMILES string of the molecule is CCCCCCCCCCCCCCOc1ccccc1NC(=O)Nc1ccc(C[n+]2cscc2C)cc1.[Br-]. The standard InChI is InChI=1S/C32H45N3O2S.BrH/c1-3-4-5-6-7-8-9-10-11-12-13-16-23-37-31-18-15-14-17-30(31)34-32(36)33-29-21-19-28(20-22-29)24-35-26-38-25-27(35)2;/h14-15,17-22,25-26H,3-13,16,23-24H2,1-2H3,(H-,33,34,36);1H. The average molecular weight is 617 g/mol. The third kappa shape index (κ3) is 13.0. The minimum atomic E-state index is -0.276. The van der Waals surface area contributed by atoms with Gasteiger partial charge in [0.05, 0.1) is 17.7 Å². The number of carbonyl (C=O) groups excluding carboxylic acids is 1. The van der Waals surface area contributed by atoms with Crippen molar-refractivity contribution in [3.63, 3.8) is 0 Å². The first kappa shape index (κ1) is 32.8. The number of urea groups is 1. The molecule has 0 fully saturated rings. The molecule has 2 amide bonds. The molecule has 1 heterocycles. The van der Waals surface area contributed by atoms with Crippen LogP contribution in [0.15, 0.2) is 59.4 Å². The highest BCUT2D eigenvalue weighted by Crippen LogP contribution is 2.24. The van der Waals surface area contributed by atoms with E-state index in [9.17, 15) is 4.79 Å². The van der Waals surface area contributed by atoms with Crippen molar-refractivity contribution in [2.45, 2.75) is 97.4 Å². The number of unbranched alkanes of at least 4 members (excludes halogenated alkanes) is 11. The van der Waals surface area contributed by atoms with Gasteiger partial charge in [-0.1, -0.05) is 113 Å². The van der Waals surface area contributed by atoms with Crippen molar-refractivity contribution < 1.29 is 31.1 Å². The number of aryl methyl sites for hydroxylation is 1. The Bertz CT molecular complexity index is 1070. The maximum absolute atomic E-state index is 12.6. The molecule has 0 aliphatic rings. The van der Waals surface area contributed by atoms with E-state index in [0.29, 0.717) is 18.0 Å². The topological polar surface area (TPSA) is 54.2 Å². The molecule has 0 aliphatic heterocycles. The van der Waals surface area contributed by atoms with Crippen LogP contribution in [-0.4, -0.2) is 12.6 Å². The van der Waals surface area contributed by atoms with Crippen LogP contribution in [0, 0.1) is 6.92 Å². The molecule has 214 valence electrons. The van der Waals surface area contributed by atoms with Gasteiger partial charge in [0.25, 0.3) is 0 Å². The Balaban J connectivity index is 0.00000533. The third-order valence-corrected chi connectivity index (χ3v) is 7.69. The predicted molar refractivity (Wildman–Crippen MR) is 160 cm³/mol. The molecule has 0 radical (unpaired) electrons. The molecule has 0 unspecified atom stereocenters. The number of anilines is 2. The van der Waals surface area contributed by atoms with E-state index in [1.54, 1.807) is 11.3 Å². The molecule has 0 saturated carbocycles. The summed E-state index contributed by atoms with van der Waals surface area (Å²) in [5.41, 5.74) is 6.00. The van der Waals surface area contributed by atoms with Crippen molar-refractivity contribution in [3.8, 4) is 5.75 Å². The summed E-state index contributed by atoms with van der Waals surface area (Å²) in [6.45, 7) is 5.87. The van der Waals surface area contributed by atoms with Gasteiger partial charge in [-0.2, -0.15) is 4.57 Å². The molecule has 2 N–H and O–H groups in total. The van der Waals surface area contributed by atoms with Gasteiger partial charge in [-0.05, 0) is 30.7 Å². The Morgan fingerprint density at radius 1 is 0.821 bits per heavy atom. The summed E-state index contributed by atoms with van der Waals surface area (Å²) in [5.74, 6) is 0.712. The Hall–Kier alpha value is -2.38. The van der Waals surface area contributed by atoms with E-state index in [2.05, 4.69) is 39.9 Å². The third-order valence-electron chi connectivity index (χ3n) is 6.84. The molecular weight excluding hydrogens is 570 g/mol. The number of aromatic nitrogens is 1. The van der Waals surface area contributed by atoms with Crippen LogP contribution in [0.2, 0.25) is 0 Å². The zero-order chi connectivity index (χ0) is 26.8. The lowest BCUT2D eigenvalue weighted by Gasteiger charge is -2.13. The Kier molecular flexibility index (Phi) is 16.5. The van der Waals surface area contributed by atoms with E-state index < -0.39 is 0 Å². The molecule has 3 aromatic rings. The van der Waals surface area contributed by atoms with Crippen molar-refractivity contribution in [1.29, 1.82) is 0 Å². The van der Waals surface area contributed by atoms with Crippen LogP contribution in [0.25, 0.3) is 0 Å². The van der Waals surface area contributed by atoms with Crippen LogP contribution in [0.5, 0.6) is 5.75 Å². The first-order chi connectivity index (χ1) is 18.7. The molecule has 0 bridgehead atoms. The highest BCUT2D eigenvalue weighted by Gasteiger charge is 2.10. The second-order valence-corrected chi connectivity index (χ2v) is 10.9. The summed E-state index contributed by atoms with van der Waals surface area (Å²) >= 11 is 1.70. The fraction of sp³-hybridized carbons (Fsp3) is 0.500. The first-order valence-electron chi connectivity index (χ1n) is 14.5. The zero-order valence-electron chi connectivity index (χ0n) is 23.7. The molecule has 5 nitrogen and oxygen atoms in total. The number of hydrogen-bond acceptors (Lipinski definition) is 3. The number of nitrogens with zero attached hydrogens (tertiary/aromatic N) is 1. The largest absolute Gasteiger partial charge is 1.00 e. The molecular formula is C32H46BrN3O2S. The molecule has 3 rings (SSSR count). The molecule has 0 aliphatic carbocycles. The number of ether oxygens (including phenoxy) is 1. The summed E-state index contributed by atoms with van der Waals surface area (Å²) in [6.07, 6.45) is 15.9. The average Bonchev–Trinajstić information content (AvgIpc) is 3.32. The highest BCUT2D eigenvalue weighted by atomic mass is 79.9. The van der Waals surface area contributed by atoms with Gasteiger partial charge in [0.1, 0.15) is 5.75 Å². The first-order valence-corrected chi connectivity index (χ1v) is 15.4. The number of amides is 2. The zero-order valence-corrected chi connectivity index (χ0v) is 26.1. The van der Waals surface area contributed by atoms with Gasteiger partial charge >= 0.3 is 6.03 Å². The molecule has 1 aromatic heterocycles. The molecule has 0 atom stereocenters. The minimum absolute atomic E-state index is 0. The minimum Gasteiger partial charge on any atom is -1.00 e. The summed E-state index contributed by atoms with van der Waals surface area (Å²) in [7, 11) is 0. The fourth-order valence-corrected chi connectivity index (χ4v) is 5.29. The number of benzene rings is 2. The number of para-hydroxylation sites is 2. The number of halogens is 1. The van der Waals surface area contributed by atoms with Crippen LogP contribution < -0.4 is 36.9 Å². The number of hydrogen-bond donors (Lipinski definition) is 2. The summed E-state index contributed by atoms with van der Waals surface area (Å²) in [4.78, 5) is 12.6. The van der Waals surface area contributed by atoms with Crippen molar-refractivity contribution in [3.05, 3.63) is 70.7 Å². The Morgan fingerprint density at radius 3 is 2.05 bits per heavy atom. The van der Waals surface area contributed by atoms with Crippen molar-refractivity contribution >= 4 is 28.7 Å². The maximum Gasteiger partial charge on any atom is 0.323 e. The monoisotopic (exact) mass is 615 g/mol. The van der Waals surface area contributed by atoms with E-state index in [1.807, 2.05) is 48.5 Å². The van der Waals surface area contributed by atoms with Crippen LogP contribution in [0.3, 0.4) is 0 Å². The van der Waals surface area contributed by atoms with Crippen LogP contribution in [0.1, 0.15) is 95.2 Å². The summed E-state index contributed by atoms with van der Waals surface area (Å²) in [5, 5.41) is 8.00. The molecule has 39 heavy (non-hydrogen) atoms. The molecule has 0 spiro atoms. The Labute approximate surface area is 250 Å². The normalized spacial score (nSPS) is 10.6. The van der Waals surface area contributed by atoms with Gasteiger partial charge in [0.15, 0.2) is 12.2 Å². The van der Waals surface area contributed by atoms with Crippen LogP contribution in [0.4, 0.5) is 16.2 Å². The van der Waals surface area contributed by atoms with Gasteiger partial charge in [-0.15, -0.1) is 0 Å². The van der Waals surface area contributed by atoms with E-state index >= 15 is 0 Å². The van der Waals surface area contributed by atoms with E-state index in [0.717, 1.165) is 18.7 Å². The number of carbonyl (C=O) groups is 1. The number of thiazole rings is 1. The van der Waals surface area contributed by atoms with E-state index in [-0.39, 0.29) is 23.0 Å². The van der Waals surface area contributed by atoms with E-state index in [4.69, 9.17) is 4.74 Å². The van der Waals surface area contributed by atoms with Crippen molar-refractivity contribution in [2.75, 3.05) is 17.2 Å². The lowest BCUT2D eigenvalue weighted by molar-refractivity contribution is -0.689. The summed E-state index contributed by atoms with van der Waals surface area (Å²) in [6, 6.07) is 15.3. The number of rotatable bonds is 18. The fourth-order valence-electron chi connectivity index (χ4n) is 4.51. The smallest absolute Gasteiger partial charge is 0.323 e. The van der Waals surface area contributed by atoms with Crippen molar-refractivity contribution in [1.82, 2.24) is 0 Å². The second-order valence-electron chi connectivity index (χ2n) is 10.1. The highest BCUT2D eigenvalue weighted by molar-refractivity contribution is 7.07. The second kappa shape index (κ2) is 19.6. The molecule has 0 saturated heterocycles. The van der Waals surface area contributed by atoms with Gasteiger partial charge in [-0.3, -0.25) is 0 Å². The van der Waals surface area contributed by atoms with Gasteiger partial charge in [-0.25, -0.2) is 4.79 Å². The van der Waals surface area contributed by atoms with Gasteiger partial charge < -0.3 is 32.4 Å². The molecule has 2 aromatic carbocycles. The van der Waals surface area contributed by atoms with Gasteiger partial charge in [0, 0.05) is 18.2 Å². The van der Waals surface area contributed by atoms with E-state index in [1.165, 1.54) is 81.9 Å². The maximum atomic E-state index is 12.6. The van der Waals surface area contributed by atoms with Crippen molar-refractivity contribution in [2.24, 2.45) is 0 Å². The molecule has 7 heteroatoms. The lowest BCUT2D eigenvalue weighted by atomic mass is 10.1. The summed E-state index contributed by atoms with van der Waals surface area (Å²) < 4.78 is 8.23. The quantitative estimate of drug-likeness (QED) is 0.134. The predicted octanol–water partition coefficient (Wildman–Crippen LogP) is 6.12. The lowest BCUT2D eigenvalue weighted by Crippen LogP contribution is -3.00. The van der Waals surface area contributed by atoms with Gasteiger partial charge in [0.2, 0.25) is 5.51 Å². The Morgan fingerprint density at radius 2 is 1.44 bits per heavy atom. The van der Waals surface area contributed by atoms with Crippen LogP contribution in [-0.2, 0) is 6.54 Å². The number of nitrogens with one attached hydrogen (secondary N) is 2. The van der Waals surface area contributed by atoms with Crippen LogP contribution >= 0.6 is 11.3 Å².